The maximum Gasteiger partial charge on any atom is 0.253 e. The van der Waals surface area contributed by atoms with E-state index in [0.717, 1.165) is 68.0 Å². The third-order valence-corrected chi connectivity index (χ3v) is 7.18. The zero-order valence-electron chi connectivity index (χ0n) is 20.4. The Labute approximate surface area is 201 Å². The van der Waals surface area contributed by atoms with Crippen LogP contribution in [0.3, 0.4) is 0 Å². The van der Waals surface area contributed by atoms with Crippen LogP contribution in [0.25, 0.3) is 0 Å². The van der Waals surface area contributed by atoms with Crippen molar-refractivity contribution in [2.75, 3.05) is 24.7 Å². The molecule has 1 aromatic heterocycles. The SMILES string of the molecule is CCN(c1cccc2c1CCCC(O)CCc1cc(C)[nH]c(=O)c1CNC2=O)C1CCOCC1. The summed E-state index contributed by atoms with van der Waals surface area (Å²) in [7, 11) is 0. The fourth-order valence-corrected chi connectivity index (χ4v) is 5.39. The van der Waals surface area contributed by atoms with Crippen molar-refractivity contribution in [1.29, 1.82) is 0 Å². The highest BCUT2D eigenvalue weighted by molar-refractivity contribution is 5.97. The minimum atomic E-state index is -0.440. The first-order valence-corrected chi connectivity index (χ1v) is 12.6. The molecule has 0 radical (unpaired) electrons. The molecule has 1 atom stereocenters. The van der Waals surface area contributed by atoms with Crippen molar-refractivity contribution < 1.29 is 14.6 Å². The van der Waals surface area contributed by atoms with Crippen molar-refractivity contribution >= 4 is 11.6 Å². The number of hydrogen-bond donors (Lipinski definition) is 3. The molecule has 7 heteroatoms. The van der Waals surface area contributed by atoms with Gasteiger partial charge in [-0.2, -0.15) is 0 Å². The summed E-state index contributed by atoms with van der Waals surface area (Å²) in [6.07, 6.45) is 4.90. The van der Waals surface area contributed by atoms with E-state index in [1.807, 2.05) is 25.1 Å². The fourth-order valence-electron chi connectivity index (χ4n) is 5.39. The summed E-state index contributed by atoms with van der Waals surface area (Å²) in [6.45, 7) is 6.55. The minimum Gasteiger partial charge on any atom is -0.393 e. The molecule has 1 aromatic carbocycles. The van der Waals surface area contributed by atoms with Crippen LogP contribution in [0.4, 0.5) is 5.69 Å². The Kier molecular flexibility index (Phi) is 8.06. The average Bonchev–Trinajstić information content (AvgIpc) is 2.84. The molecule has 0 bridgehead atoms. The van der Waals surface area contributed by atoms with Crippen molar-refractivity contribution in [2.45, 2.75) is 77.5 Å². The van der Waals surface area contributed by atoms with Gasteiger partial charge in [-0.15, -0.1) is 0 Å². The van der Waals surface area contributed by atoms with Crippen LogP contribution in [0.5, 0.6) is 0 Å². The molecule has 2 aliphatic rings. The summed E-state index contributed by atoms with van der Waals surface area (Å²) in [6, 6.07) is 8.28. The second-order valence-corrected chi connectivity index (χ2v) is 9.49. The van der Waals surface area contributed by atoms with Crippen LogP contribution in [0, 0.1) is 6.92 Å². The molecule has 3 heterocycles. The number of aromatic nitrogens is 1. The number of amides is 1. The fraction of sp³-hybridized carbons (Fsp3) is 0.556. The summed E-state index contributed by atoms with van der Waals surface area (Å²) >= 11 is 0. The first-order chi connectivity index (χ1) is 16.5. The lowest BCUT2D eigenvalue weighted by molar-refractivity contribution is 0.0845. The van der Waals surface area contributed by atoms with Gasteiger partial charge in [0.15, 0.2) is 0 Å². The molecule has 34 heavy (non-hydrogen) atoms. The van der Waals surface area contributed by atoms with Crippen LogP contribution >= 0.6 is 0 Å². The second-order valence-electron chi connectivity index (χ2n) is 9.49. The van der Waals surface area contributed by atoms with E-state index < -0.39 is 6.10 Å². The zero-order chi connectivity index (χ0) is 24.1. The molecule has 1 fully saturated rings. The predicted octanol–water partition coefficient (Wildman–Crippen LogP) is 3.25. The van der Waals surface area contributed by atoms with Crippen molar-refractivity contribution in [3.8, 4) is 0 Å². The number of H-pyrrole nitrogens is 1. The van der Waals surface area contributed by atoms with Crippen LogP contribution < -0.4 is 15.8 Å². The van der Waals surface area contributed by atoms with Crippen LogP contribution in [0.1, 0.15) is 71.8 Å². The number of pyridine rings is 1. The molecule has 7 nitrogen and oxygen atoms in total. The number of carbonyl (C=O) groups is 1. The average molecular weight is 468 g/mol. The number of nitrogens with one attached hydrogen (secondary N) is 2. The third-order valence-electron chi connectivity index (χ3n) is 7.18. The first-order valence-electron chi connectivity index (χ1n) is 12.6. The number of benzene rings is 1. The van der Waals surface area contributed by atoms with Crippen molar-refractivity contribution in [3.05, 3.63) is 62.6 Å². The molecule has 2 aromatic rings. The zero-order valence-corrected chi connectivity index (χ0v) is 20.4. The Morgan fingerprint density at radius 1 is 1.09 bits per heavy atom. The molecule has 2 aliphatic heterocycles. The second kappa shape index (κ2) is 11.2. The predicted molar refractivity (Wildman–Crippen MR) is 134 cm³/mol. The van der Waals surface area contributed by atoms with Gasteiger partial charge < -0.3 is 25.0 Å². The van der Waals surface area contributed by atoms with Gasteiger partial charge in [-0.05, 0) is 88.1 Å². The van der Waals surface area contributed by atoms with E-state index in [-0.39, 0.29) is 18.0 Å². The normalized spacial score (nSPS) is 20.2. The van der Waals surface area contributed by atoms with Gasteiger partial charge in [0.05, 0.1) is 6.10 Å². The Hall–Kier alpha value is -2.64. The van der Waals surface area contributed by atoms with E-state index in [9.17, 15) is 14.7 Å². The summed E-state index contributed by atoms with van der Waals surface area (Å²) in [5.41, 5.74) is 4.85. The largest absolute Gasteiger partial charge is 0.393 e. The molecule has 3 N–H and O–H groups in total. The molecule has 1 unspecified atom stereocenters. The smallest absolute Gasteiger partial charge is 0.253 e. The number of aryl methyl sites for hydroxylation is 2. The van der Waals surface area contributed by atoms with Gasteiger partial charge in [-0.1, -0.05) is 6.07 Å². The number of aliphatic hydroxyl groups is 1. The molecule has 1 saturated heterocycles. The Morgan fingerprint density at radius 2 is 1.88 bits per heavy atom. The number of nitrogens with zero attached hydrogens (tertiary/aromatic N) is 1. The van der Waals surface area contributed by atoms with Crippen LogP contribution in [0.15, 0.2) is 29.1 Å². The Balaban J connectivity index is 1.70. The van der Waals surface area contributed by atoms with Crippen LogP contribution in [-0.2, 0) is 24.1 Å². The number of carbonyl (C=O) groups excluding carboxylic acids is 1. The van der Waals surface area contributed by atoms with Gasteiger partial charge in [0.2, 0.25) is 0 Å². The van der Waals surface area contributed by atoms with Crippen molar-refractivity contribution in [2.24, 2.45) is 0 Å². The highest BCUT2D eigenvalue weighted by Crippen LogP contribution is 2.31. The molecular weight excluding hydrogens is 430 g/mol. The lowest BCUT2D eigenvalue weighted by Gasteiger charge is -2.37. The third kappa shape index (κ3) is 5.53. The number of hydrogen-bond acceptors (Lipinski definition) is 5. The quantitative estimate of drug-likeness (QED) is 0.644. The van der Waals surface area contributed by atoms with Gasteiger partial charge >= 0.3 is 0 Å². The number of aromatic amines is 1. The monoisotopic (exact) mass is 467 g/mol. The standard InChI is InChI=1S/C27H37N3O4/c1-3-30(20-12-14-34-15-13-20)25-9-5-8-23-22(25)7-4-6-21(31)11-10-19-16-18(2)29-27(33)24(19)17-28-26(23)32/h5,8-9,16,20-21,31H,3-4,6-7,10-15,17H2,1-2H3,(H,28,32)(H,29,33). The van der Waals surface area contributed by atoms with Crippen LogP contribution in [-0.4, -0.2) is 47.9 Å². The van der Waals surface area contributed by atoms with E-state index in [1.165, 1.54) is 0 Å². The highest BCUT2D eigenvalue weighted by atomic mass is 16.5. The van der Waals surface area contributed by atoms with E-state index in [2.05, 4.69) is 28.2 Å². The van der Waals surface area contributed by atoms with Gasteiger partial charge in [0, 0.05) is 54.9 Å². The van der Waals surface area contributed by atoms with E-state index in [4.69, 9.17) is 4.74 Å². The molecule has 0 aliphatic carbocycles. The molecule has 1 amide bonds. The van der Waals surface area contributed by atoms with E-state index in [0.29, 0.717) is 36.4 Å². The van der Waals surface area contributed by atoms with Gasteiger partial charge in [0.1, 0.15) is 0 Å². The van der Waals surface area contributed by atoms with Gasteiger partial charge in [-0.3, -0.25) is 9.59 Å². The number of anilines is 1. The first kappa shape index (κ1) is 24.5. The molecule has 4 rings (SSSR count). The number of aliphatic hydroxyl groups excluding tert-OH is 1. The van der Waals surface area contributed by atoms with Crippen LogP contribution in [0.2, 0.25) is 0 Å². The topological polar surface area (TPSA) is 94.7 Å². The van der Waals surface area contributed by atoms with E-state index in [1.54, 1.807) is 0 Å². The summed E-state index contributed by atoms with van der Waals surface area (Å²) < 4.78 is 5.58. The minimum absolute atomic E-state index is 0.161. The summed E-state index contributed by atoms with van der Waals surface area (Å²) in [4.78, 5) is 31.3. The van der Waals surface area contributed by atoms with Crippen molar-refractivity contribution in [1.82, 2.24) is 10.3 Å². The lowest BCUT2D eigenvalue weighted by Crippen LogP contribution is -2.40. The van der Waals surface area contributed by atoms with Gasteiger partial charge in [0.25, 0.3) is 11.5 Å². The van der Waals surface area contributed by atoms with Crippen molar-refractivity contribution in [3.63, 3.8) is 0 Å². The molecule has 0 saturated carbocycles. The maximum absolute atomic E-state index is 13.4. The number of fused-ring (bicyclic) bond motifs is 2. The number of rotatable bonds is 3. The lowest BCUT2D eigenvalue weighted by atomic mass is 9.95. The van der Waals surface area contributed by atoms with Gasteiger partial charge in [-0.25, -0.2) is 0 Å². The summed E-state index contributed by atoms with van der Waals surface area (Å²) in [5.74, 6) is -0.161. The molecule has 184 valence electrons. The molecular formula is C27H37N3O4. The molecule has 0 spiro atoms. The van der Waals surface area contributed by atoms with E-state index >= 15 is 0 Å². The number of ether oxygens (including phenoxy) is 1. The Bertz CT molecular complexity index is 1060. The highest BCUT2D eigenvalue weighted by Gasteiger charge is 2.25. The Morgan fingerprint density at radius 3 is 2.65 bits per heavy atom. The maximum atomic E-state index is 13.4. The summed E-state index contributed by atoms with van der Waals surface area (Å²) in [5, 5.41) is 13.7.